The molecule has 0 spiro atoms. The van der Waals surface area contributed by atoms with E-state index in [1.807, 2.05) is 0 Å². The summed E-state index contributed by atoms with van der Waals surface area (Å²) in [4.78, 5) is 11.6. The third-order valence-corrected chi connectivity index (χ3v) is 2.41. The molecular formula is C11H19N3O2. The summed E-state index contributed by atoms with van der Waals surface area (Å²) in [5.74, 6) is 0.928. The van der Waals surface area contributed by atoms with Gasteiger partial charge in [0, 0.05) is 19.2 Å². The van der Waals surface area contributed by atoms with E-state index in [0.29, 0.717) is 31.4 Å². The Bertz CT molecular complexity index is 376. The summed E-state index contributed by atoms with van der Waals surface area (Å²) >= 11 is 0. The fourth-order valence-corrected chi connectivity index (χ4v) is 1.23. The van der Waals surface area contributed by atoms with Gasteiger partial charge in [0.2, 0.25) is 0 Å². The predicted molar refractivity (Wildman–Crippen MR) is 62.5 cm³/mol. The molecule has 0 fully saturated rings. The summed E-state index contributed by atoms with van der Waals surface area (Å²) in [5.41, 5.74) is 5.17. The van der Waals surface area contributed by atoms with Crippen molar-refractivity contribution in [2.24, 2.45) is 11.7 Å². The topological polar surface area (TPSA) is 70.1 Å². The lowest BCUT2D eigenvalue weighted by molar-refractivity contribution is 0.321. The number of nitrogens with zero attached hydrogens (tertiary/aromatic N) is 2. The highest BCUT2D eigenvalue weighted by Crippen LogP contribution is 2.05. The van der Waals surface area contributed by atoms with Gasteiger partial charge < -0.3 is 10.5 Å². The molecule has 0 aliphatic heterocycles. The fraction of sp³-hybridized carbons (Fsp3) is 0.636. The van der Waals surface area contributed by atoms with Crippen LogP contribution in [0.4, 0.5) is 0 Å². The van der Waals surface area contributed by atoms with Gasteiger partial charge >= 0.3 is 0 Å². The summed E-state index contributed by atoms with van der Waals surface area (Å²) in [5, 5.41) is 4.06. The minimum absolute atomic E-state index is 0.130. The summed E-state index contributed by atoms with van der Waals surface area (Å²) in [6.07, 6.45) is 2.58. The molecule has 0 aromatic carbocycles. The molecule has 1 aromatic heterocycles. The van der Waals surface area contributed by atoms with Crippen LogP contribution in [0.5, 0.6) is 5.75 Å². The summed E-state index contributed by atoms with van der Waals surface area (Å²) in [6.45, 7) is 5.65. The van der Waals surface area contributed by atoms with Crippen LogP contribution in [0.2, 0.25) is 0 Å². The Morgan fingerprint density at radius 2 is 2.38 bits per heavy atom. The van der Waals surface area contributed by atoms with Crippen LogP contribution in [0.1, 0.15) is 20.3 Å². The molecule has 1 unspecified atom stereocenters. The van der Waals surface area contributed by atoms with Crippen LogP contribution in [0.3, 0.4) is 0 Å². The number of hydrogen-bond acceptors (Lipinski definition) is 4. The van der Waals surface area contributed by atoms with E-state index in [1.165, 1.54) is 10.7 Å². The van der Waals surface area contributed by atoms with Crippen molar-refractivity contribution in [1.82, 2.24) is 9.78 Å². The van der Waals surface area contributed by atoms with E-state index in [-0.39, 0.29) is 5.56 Å². The third kappa shape index (κ3) is 3.66. The van der Waals surface area contributed by atoms with Gasteiger partial charge in [-0.3, -0.25) is 4.79 Å². The zero-order valence-corrected chi connectivity index (χ0v) is 9.85. The second-order valence-electron chi connectivity index (χ2n) is 3.86. The van der Waals surface area contributed by atoms with Crippen molar-refractivity contribution >= 4 is 0 Å². The van der Waals surface area contributed by atoms with Gasteiger partial charge in [-0.25, -0.2) is 4.68 Å². The summed E-state index contributed by atoms with van der Waals surface area (Å²) in [6, 6.07) is 1.45. The van der Waals surface area contributed by atoms with Crippen molar-refractivity contribution in [1.29, 1.82) is 0 Å². The van der Waals surface area contributed by atoms with Gasteiger partial charge in [0.1, 0.15) is 12.4 Å². The van der Waals surface area contributed by atoms with Crippen molar-refractivity contribution in [2.75, 3.05) is 13.2 Å². The molecule has 5 heteroatoms. The molecule has 0 aliphatic carbocycles. The first-order chi connectivity index (χ1) is 7.67. The predicted octanol–water partition coefficient (Wildman–Crippen LogP) is 0.627. The molecular weight excluding hydrogens is 206 g/mol. The highest BCUT2D eigenvalue weighted by molar-refractivity contribution is 5.13. The van der Waals surface area contributed by atoms with Crippen LogP contribution in [0.15, 0.2) is 17.1 Å². The maximum Gasteiger partial charge on any atom is 0.270 e. The van der Waals surface area contributed by atoms with Gasteiger partial charge in [0.15, 0.2) is 0 Å². The number of ether oxygens (including phenoxy) is 1. The minimum atomic E-state index is -0.130. The van der Waals surface area contributed by atoms with Gasteiger partial charge in [0.25, 0.3) is 5.56 Å². The Morgan fingerprint density at radius 3 is 2.94 bits per heavy atom. The first-order valence-corrected chi connectivity index (χ1v) is 5.57. The van der Waals surface area contributed by atoms with Crippen molar-refractivity contribution in [3.63, 3.8) is 0 Å². The molecule has 0 radical (unpaired) electrons. The van der Waals surface area contributed by atoms with Gasteiger partial charge in [-0.15, -0.1) is 0 Å². The van der Waals surface area contributed by atoms with Crippen LogP contribution < -0.4 is 16.0 Å². The van der Waals surface area contributed by atoms with Crippen LogP contribution in [-0.4, -0.2) is 22.9 Å². The lowest BCUT2D eigenvalue weighted by Crippen LogP contribution is -2.25. The van der Waals surface area contributed by atoms with Crippen molar-refractivity contribution in [3.05, 3.63) is 22.6 Å². The molecule has 0 aliphatic rings. The van der Waals surface area contributed by atoms with Crippen molar-refractivity contribution < 1.29 is 4.74 Å². The minimum Gasteiger partial charge on any atom is -0.490 e. The Labute approximate surface area is 95.2 Å². The maximum absolute atomic E-state index is 11.6. The zero-order chi connectivity index (χ0) is 12.0. The molecule has 2 N–H and O–H groups in total. The van der Waals surface area contributed by atoms with Crippen LogP contribution in [0.25, 0.3) is 0 Å². The molecule has 16 heavy (non-hydrogen) atoms. The largest absolute Gasteiger partial charge is 0.490 e. The van der Waals surface area contributed by atoms with E-state index in [4.69, 9.17) is 10.5 Å². The van der Waals surface area contributed by atoms with E-state index >= 15 is 0 Å². The maximum atomic E-state index is 11.6. The molecule has 0 saturated heterocycles. The van der Waals surface area contributed by atoms with Gasteiger partial charge in [0.05, 0.1) is 6.20 Å². The molecule has 0 saturated carbocycles. The average Bonchev–Trinajstić information content (AvgIpc) is 2.29. The first-order valence-electron chi connectivity index (χ1n) is 5.57. The number of rotatable bonds is 6. The van der Waals surface area contributed by atoms with Gasteiger partial charge in [-0.05, 0) is 5.92 Å². The fourth-order valence-electron chi connectivity index (χ4n) is 1.23. The highest BCUT2D eigenvalue weighted by atomic mass is 16.5. The smallest absolute Gasteiger partial charge is 0.270 e. The van der Waals surface area contributed by atoms with Gasteiger partial charge in [-0.2, -0.15) is 5.10 Å². The lowest BCUT2D eigenvalue weighted by Gasteiger charge is -2.10. The molecule has 0 bridgehead atoms. The van der Waals surface area contributed by atoms with Gasteiger partial charge in [-0.1, -0.05) is 20.3 Å². The number of hydrogen-bond donors (Lipinski definition) is 1. The zero-order valence-electron chi connectivity index (χ0n) is 9.85. The second kappa shape index (κ2) is 6.27. The molecule has 5 nitrogen and oxygen atoms in total. The first kappa shape index (κ1) is 12.7. The summed E-state index contributed by atoms with van der Waals surface area (Å²) < 4.78 is 6.68. The van der Waals surface area contributed by atoms with E-state index in [2.05, 4.69) is 18.9 Å². The molecule has 1 atom stereocenters. The SMILES string of the molecule is CCC(C)Cn1ncc(OCCN)cc1=O. The highest BCUT2D eigenvalue weighted by Gasteiger charge is 2.04. The van der Waals surface area contributed by atoms with Crippen LogP contribution >= 0.6 is 0 Å². The number of aromatic nitrogens is 2. The Balaban J connectivity index is 2.71. The van der Waals surface area contributed by atoms with Crippen molar-refractivity contribution in [3.8, 4) is 5.75 Å². The van der Waals surface area contributed by atoms with Crippen LogP contribution in [0, 0.1) is 5.92 Å². The molecule has 1 aromatic rings. The molecule has 90 valence electrons. The normalized spacial score (nSPS) is 12.4. The standard InChI is InChI=1S/C11H19N3O2/c1-3-9(2)8-14-11(15)6-10(7-13-14)16-5-4-12/h6-7,9H,3-5,8,12H2,1-2H3. The van der Waals surface area contributed by atoms with Crippen molar-refractivity contribution in [2.45, 2.75) is 26.8 Å². The molecule has 1 heterocycles. The lowest BCUT2D eigenvalue weighted by atomic mass is 10.1. The second-order valence-corrected chi connectivity index (χ2v) is 3.86. The van der Waals surface area contributed by atoms with E-state index < -0.39 is 0 Å². The quantitative estimate of drug-likeness (QED) is 0.770. The Morgan fingerprint density at radius 1 is 1.62 bits per heavy atom. The monoisotopic (exact) mass is 225 g/mol. The Kier molecular flexibility index (Phi) is 4.98. The van der Waals surface area contributed by atoms with E-state index in [9.17, 15) is 4.79 Å². The number of nitrogens with two attached hydrogens (primary N) is 1. The molecule has 0 amide bonds. The average molecular weight is 225 g/mol. The Hall–Kier alpha value is -1.36. The third-order valence-electron chi connectivity index (χ3n) is 2.41. The summed E-state index contributed by atoms with van der Waals surface area (Å²) in [7, 11) is 0. The van der Waals surface area contributed by atoms with E-state index in [1.54, 1.807) is 6.20 Å². The van der Waals surface area contributed by atoms with Crippen LogP contribution in [-0.2, 0) is 6.54 Å². The van der Waals surface area contributed by atoms with E-state index in [0.717, 1.165) is 6.42 Å². The molecule has 1 rings (SSSR count).